The first-order valence-corrected chi connectivity index (χ1v) is 7.74. The number of anilines is 1. The summed E-state index contributed by atoms with van der Waals surface area (Å²) >= 11 is 0. The highest BCUT2D eigenvalue weighted by molar-refractivity contribution is 7.89. The van der Waals surface area contributed by atoms with E-state index >= 15 is 0 Å². The van der Waals surface area contributed by atoms with Crippen LogP contribution >= 0.6 is 0 Å². The molecule has 6 nitrogen and oxygen atoms in total. The molecule has 21 heavy (non-hydrogen) atoms. The summed E-state index contributed by atoms with van der Waals surface area (Å²) in [5.74, 6) is 1.82. The third-order valence-electron chi connectivity index (χ3n) is 3.08. The van der Waals surface area contributed by atoms with Crippen LogP contribution in [0.15, 0.2) is 39.6 Å². The van der Waals surface area contributed by atoms with Gasteiger partial charge in [0.05, 0.1) is 19.3 Å². The molecule has 0 unspecified atom stereocenters. The van der Waals surface area contributed by atoms with E-state index in [0.29, 0.717) is 11.5 Å². The standard InChI is InChI=1S/C14H18N2O4S/c1-10-4-5-12(20-10)9-16(2)21(17,18)14-7-6-11(19-3)8-13(14)15/h4-8H,9,15H2,1-3H3. The van der Waals surface area contributed by atoms with Crippen molar-refractivity contribution >= 4 is 15.7 Å². The first-order valence-electron chi connectivity index (χ1n) is 6.30. The summed E-state index contributed by atoms with van der Waals surface area (Å²) in [6.45, 7) is 1.95. The van der Waals surface area contributed by atoms with Crippen molar-refractivity contribution in [2.45, 2.75) is 18.4 Å². The maximum atomic E-state index is 12.5. The molecule has 2 N–H and O–H groups in total. The van der Waals surface area contributed by atoms with Crippen molar-refractivity contribution in [1.82, 2.24) is 4.31 Å². The largest absolute Gasteiger partial charge is 0.497 e. The first-order chi connectivity index (χ1) is 9.84. The maximum Gasteiger partial charge on any atom is 0.245 e. The fourth-order valence-electron chi connectivity index (χ4n) is 1.93. The molecule has 0 radical (unpaired) electrons. The molecule has 2 aromatic rings. The summed E-state index contributed by atoms with van der Waals surface area (Å²) in [5.41, 5.74) is 5.96. The molecule has 0 fully saturated rings. The molecule has 0 amide bonds. The van der Waals surface area contributed by atoms with Crippen molar-refractivity contribution in [3.63, 3.8) is 0 Å². The monoisotopic (exact) mass is 310 g/mol. The number of aryl methyl sites for hydroxylation is 1. The van der Waals surface area contributed by atoms with Crippen molar-refractivity contribution in [3.8, 4) is 5.75 Å². The van der Waals surface area contributed by atoms with Crippen molar-refractivity contribution in [1.29, 1.82) is 0 Å². The average Bonchev–Trinajstić information content (AvgIpc) is 2.83. The highest BCUT2D eigenvalue weighted by Gasteiger charge is 2.24. The fourth-order valence-corrected chi connectivity index (χ4v) is 3.16. The van der Waals surface area contributed by atoms with Crippen LogP contribution in [0.5, 0.6) is 5.75 Å². The number of nitrogen functional groups attached to an aromatic ring is 1. The van der Waals surface area contributed by atoms with E-state index in [4.69, 9.17) is 14.9 Å². The Morgan fingerprint density at radius 2 is 2.00 bits per heavy atom. The zero-order chi connectivity index (χ0) is 15.6. The van der Waals surface area contributed by atoms with Crippen molar-refractivity contribution in [2.24, 2.45) is 0 Å². The number of ether oxygens (including phenoxy) is 1. The van der Waals surface area contributed by atoms with Gasteiger partial charge < -0.3 is 14.9 Å². The summed E-state index contributed by atoms with van der Waals surface area (Å²) in [6, 6.07) is 8.02. The molecule has 1 aromatic heterocycles. The van der Waals surface area contributed by atoms with E-state index in [2.05, 4.69) is 0 Å². The van der Waals surface area contributed by atoms with Crippen molar-refractivity contribution in [3.05, 3.63) is 41.9 Å². The highest BCUT2D eigenvalue weighted by atomic mass is 32.2. The van der Waals surface area contributed by atoms with Gasteiger partial charge in [-0.3, -0.25) is 0 Å². The lowest BCUT2D eigenvalue weighted by molar-refractivity contribution is 0.397. The van der Waals surface area contributed by atoms with Gasteiger partial charge in [0.15, 0.2) is 0 Å². The van der Waals surface area contributed by atoms with Gasteiger partial charge in [-0.15, -0.1) is 0 Å². The predicted molar refractivity (Wildman–Crippen MR) is 79.5 cm³/mol. The van der Waals surface area contributed by atoms with Crippen LogP contribution in [0.4, 0.5) is 5.69 Å². The molecule has 0 aliphatic carbocycles. The van der Waals surface area contributed by atoms with Crippen LogP contribution in [0.2, 0.25) is 0 Å². The molecule has 1 aromatic carbocycles. The van der Waals surface area contributed by atoms with Crippen molar-refractivity contribution in [2.75, 3.05) is 19.9 Å². The molecule has 2 rings (SSSR count). The maximum absolute atomic E-state index is 12.5. The Morgan fingerprint density at radius 3 is 2.52 bits per heavy atom. The third kappa shape index (κ3) is 3.20. The van der Waals surface area contributed by atoms with E-state index < -0.39 is 10.0 Å². The normalized spacial score (nSPS) is 11.8. The first kappa shape index (κ1) is 15.4. The Balaban J connectivity index is 2.28. The minimum absolute atomic E-state index is 0.0501. The zero-order valence-electron chi connectivity index (χ0n) is 12.2. The summed E-state index contributed by atoms with van der Waals surface area (Å²) < 4.78 is 36.7. The summed E-state index contributed by atoms with van der Waals surface area (Å²) in [5, 5.41) is 0. The van der Waals surface area contributed by atoms with Gasteiger partial charge in [-0.1, -0.05) is 0 Å². The number of furan rings is 1. The number of benzene rings is 1. The molecule has 0 aliphatic rings. The topological polar surface area (TPSA) is 85.8 Å². The van der Waals surface area contributed by atoms with Crippen LogP contribution in [0.3, 0.4) is 0 Å². The van der Waals surface area contributed by atoms with Crippen LogP contribution in [0.25, 0.3) is 0 Å². The van der Waals surface area contributed by atoms with Gasteiger partial charge >= 0.3 is 0 Å². The Morgan fingerprint density at radius 1 is 1.29 bits per heavy atom. The lowest BCUT2D eigenvalue weighted by atomic mass is 10.3. The van der Waals surface area contributed by atoms with Crippen LogP contribution < -0.4 is 10.5 Å². The van der Waals surface area contributed by atoms with E-state index in [1.165, 1.54) is 30.6 Å². The van der Waals surface area contributed by atoms with E-state index in [1.807, 2.05) is 0 Å². The average molecular weight is 310 g/mol. The molecule has 7 heteroatoms. The van der Waals surface area contributed by atoms with Gasteiger partial charge in [0, 0.05) is 13.1 Å². The number of nitrogens with zero attached hydrogens (tertiary/aromatic N) is 1. The number of sulfonamides is 1. The van der Waals surface area contributed by atoms with Gasteiger partial charge in [0.25, 0.3) is 0 Å². The predicted octanol–water partition coefficient (Wildman–Crippen LogP) is 2.00. The second-order valence-electron chi connectivity index (χ2n) is 4.68. The van der Waals surface area contributed by atoms with Gasteiger partial charge in [-0.25, -0.2) is 8.42 Å². The molecule has 0 spiro atoms. The van der Waals surface area contributed by atoms with Crippen LogP contribution in [0, 0.1) is 6.92 Å². The molecule has 0 bridgehead atoms. The molecule has 1 heterocycles. The minimum atomic E-state index is -3.69. The number of hydrogen-bond acceptors (Lipinski definition) is 5. The highest BCUT2D eigenvalue weighted by Crippen LogP contribution is 2.26. The van der Waals surface area contributed by atoms with Gasteiger partial charge in [0.2, 0.25) is 10.0 Å². The Hall–Kier alpha value is -1.99. The summed E-state index contributed by atoms with van der Waals surface area (Å²) in [4.78, 5) is 0.0501. The molecule has 0 atom stereocenters. The van der Waals surface area contributed by atoms with E-state index in [1.54, 1.807) is 25.1 Å². The van der Waals surface area contributed by atoms with Crippen LogP contribution in [-0.4, -0.2) is 26.9 Å². The Labute approximate surface area is 124 Å². The molecule has 0 aliphatic heterocycles. The van der Waals surface area contributed by atoms with Crippen molar-refractivity contribution < 1.29 is 17.6 Å². The number of methoxy groups -OCH3 is 1. The van der Waals surface area contributed by atoms with Crippen LogP contribution in [0.1, 0.15) is 11.5 Å². The quantitative estimate of drug-likeness (QED) is 0.854. The second kappa shape index (κ2) is 5.79. The summed E-state index contributed by atoms with van der Waals surface area (Å²) in [7, 11) is -0.713. The van der Waals surface area contributed by atoms with Gasteiger partial charge in [-0.2, -0.15) is 4.31 Å². The second-order valence-corrected chi connectivity index (χ2v) is 6.69. The zero-order valence-corrected chi connectivity index (χ0v) is 13.0. The number of rotatable bonds is 5. The molecular formula is C14H18N2O4S. The molecule has 0 saturated heterocycles. The van der Waals surface area contributed by atoms with E-state index in [-0.39, 0.29) is 17.1 Å². The smallest absolute Gasteiger partial charge is 0.245 e. The Bertz CT molecular complexity index is 737. The Kier molecular flexibility index (Phi) is 4.24. The number of hydrogen-bond donors (Lipinski definition) is 1. The third-order valence-corrected chi connectivity index (χ3v) is 4.96. The molecule has 0 saturated carbocycles. The summed E-state index contributed by atoms with van der Waals surface area (Å²) in [6.07, 6.45) is 0. The fraction of sp³-hybridized carbons (Fsp3) is 0.286. The minimum Gasteiger partial charge on any atom is -0.497 e. The molecule has 114 valence electrons. The number of nitrogens with two attached hydrogens (primary N) is 1. The van der Waals surface area contributed by atoms with Gasteiger partial charge in [0.1, 0.15) is 22.2 Å². The van der Waals surface area contributed by atoms with Gasteiger partial charge in [-0.05, 0) is 31.2 Å². The molecular weight excluding hydrogens is 292 g/mol. The van der Waals surface area contributed by atoms with Crippen LogP contribution in [-0.2, 0) is 16.6 Å². The van der Waals surface area contributed by atoms with E-state index in [0.717, 1.165) is 5.76 Å². The lowest BCUT2D eigenvalue weighted by Gasteiger charge is -2.17. The SMILES string of the molecule is COc1ccc(S(=O)(=O)N(C)Cc2ccc(C)o2)c(N)c1. The van der Waals surface area contributed by atoms with E-state index in [9.17, 15) is 8.42 Å². The lowest BCUT2D eigenvalue weighted by Crippen LogP contribution is -2.27.